The van der Waals surface area contributed by atoms with Crippen molar-refractivity contribution in [3.8, 4) is 0 Å². The van der Waals surface area contributed by atoms with E-state index < -0.39 is 0 Å². The summed E-state index contributed by atoms with van der Waals surface area (Å²) in [4.78, 5) is 0. The van der Waals surface area contributed by atoms with Gasteiger partial charge in [0.25, 0.3) is 0 Å². The molecule has 0 amide bonds. The Morgan fingerprint density at radius 3 is 2.08 bits per heavy atom. The van der Waals surface area contributed by atoms with Gasteiger partial charge in [-0.05, 0) is 50.4 Å². The highest BCUT2D eigenvalue weighted by Crippen LogP contribution is 2.45. The maximum Gasteiger partial charge on any atom is 0.0916 e. The van der Waals surface area contributed by atoms with Crippen molar-refractivity contribution in [3.63, 3.8) is 0 Å². The van der Waals surface area contributed by atoms with Gasteiger partial charge < -0.3 is 4.74 Å². The van der Waals surface area contributed by atoms with Gasteiger partial charge in [0.1, 0.15) is 0 Å². The fraction of sp³-hybridized carbons (Fsp3) is 1.00. The van der Waals surface area contributed by atoms with Gasteiger partial charge in [0, 0.05) is 0 Å². The SMILES string of the molecule is CC(C)C1CCC(C2(C)CO2)CC1. The largest absolute Gasteiger partial charge is 0.370 e. The Hall–Kier alpha value is -0.0400. The quantitative estimate of drug-likeness (QED) is 0.597. The average Bonchev–Trinajstić information content (AvgIpc) is 2.85. The molecule has 0 aromatic carbocycles. The summed E-state index contributed by atoms with van der Waals surface area (Å²) in [5.41, 5.74) is 0.294. The summed E-state index contributed by atoms with van der Waals surface area (Å²) in [6, 6.07) is 0. The molecule has 1 atom stereocenters. The van der Waals surface area contributed by atoms with Crippen molar-refractivity contribution < 1.29 is 4.74 Å². The molecule has 1 aliphatic heterocycles. The molecule has 1 heterocycles. The molecule has 1 heteroatoms. The van der Waals surface area contributed by atoms with Crippen LogP contribution in [-0.2, 0) is 4.74 Å². The molecule has 13 heavy (non-hydrogen) atoms. The molecule has 2 fully saturated rings. The van der Waals surface area contributed by atoms with Crippen LogP contribution in [0.2, 0.25) is 0 Å². The van der Waals surface area contributed by atoms with E-state index in [9.17, 15) is 0 Å². The van der Waals surface area contributed by atoms with Gasteiger partial charge in [-0.25, -0.2) is 0 Å². The van der Waals surface area contributed by atoms with E-state index in [0.717, 1.165) is 24.4 Å². The fourth-order valence-electron chi connectivity index (χ4n) is 2.75. The lowest BCUT2D eigenvalue weighted by molar-refractivity contribution is 0.146. The predicted octanol–water partition coefficient (Wildman–Crippen LogP) is 3.24. The molecule has 1 saturated carbocycles. The number of hydrogen-bond acceptors (Lipinski definition) is 1. The minimum atomic E-state index is 0.294. The standard InChI is InChI=1S/C12H22O/c1-9(2)10-4-6-11(7-5-10)12(3)8-13-12/h9-11H,4-8H2,1-3H3. The molecule has 1 nitrogen and oxygen atoms in total. The normalized spacial score (nSPS) is 45.2. The topological polar surface area (TPSA) is 12.5 Å². The summed E-state index contributed by atoms with van der Waals surface area (Å²) < 4.78 is 5.53. The second kappa shape index (κ2) is 3.27. The Balaban J connectivity index is 1.82. The van der Waals surface area contributed by atoms with E-state index in [0.29, 0.717) is 5.60 Å². The molecule has 0 radical (unpaired) electrons. The van der Waals surface area contributed by atoms with E-state index in [1.807, 2.05) is 0 Å². The molecule has 76 valence electrons. The monoisotopic (exact) mass is 182 g/mol. The van der Waals surface area contributed by atoms with Crippen molar-refractivity contribution in [1.29, 1.82) is 0 Å². The van der Waals surface area contributed by atoms with E-state index in [2.05, 4.69) is 20.8 Å². The number of hydrogen-bond donors (Lipinski definition) is 0. The average molecular weight is 182 g/mol. The summed E-state index contributed by atoms with van der Waals surface area (Å²) in [6.45, 7) is 8.03. The van der Waals surface area contributed by atoms with Gasteiger partial charge in [0.15, 0.2) is 0 Å². The van der Waals surface area contributed by atoms with Crippen LogP contribution < -0.4 is 0 Å². The van der Waals surface area contributed by atoms with E-state index in [1.54, 1.807) is 0 Å². The molecule has 0 bridgehead atoms. The smallest absolute Gasteiger partial charge is 0.0916 e. The van der Waals surface area contributed by atoms with Crippen LogP contribution in [0.5, 0.6) is 0 Å². The third kappa shape index (κ3) is 1.90. The van der Waals surface area contributed by atoms with Crippen LogP contribution in [0.15, 0.2) is 0 Å². The predicted molar refractivity (Wildman–Crippen MR) is 54.6 cm³/mol. The summed E-state index contributed by atoms with van der Waals surface area (Å²) in [7, 11) is 0. The van der Waals surface area contributed by atoms with Gasteiger partial charge >= 0.3 is 0 Å². The van der Waals surface area contributed by atoms with Crippen molar-refractivity contribution in [2.75, 3.05) is 6.61 Å². The molecule has 0 aromatic rings. The molecule has 0 N–H and O–H groups in total. The summed E-state index contributed by atoms with van der Waals surface area (Å²) >= 11 is 0. The summed E-state index contributed by atoms with van der Waals surface area (Å²) in [5.74, 6) is 2.73. The first-order valence-corrected chi connectivity index (χ1v) is 5.76. The molecule has 2 rings (SSSR count). The maximum absolute atomic E-state index is 5.53. The Kier molecular flexibility index (Phi) is 2.39. The van der Waals surface area contributed by atoms with Crippen molar-refractivity contribution in [2.45, 2.75) is 52.1 Å². The molecule has 2 aliphatic rings. The second-order valence-electron chi connectivity index (χ2n) is 5.46. The minimum Gasteiger partial charge on any atom is -0.370 e. The van der Waals surface area contributed by atoms with Gasteiger partial charge in [-0.1, -0.05) is 13.8 Å². The van der Waals surface area contributed by atoms with Gasteiger partial charge in [-0.15, -0.1) is 0 Å². The van der Waals surface area contributed by atoms with Gasteiger partial charge in [0.05, 0.1) is 12.2 Å². The summed E-state index contributed by atoms with van der Waals surface area (Å²) in [6.07, 6.45) is 5.67. The summed E-state index contributed by atoms with van der Waals surface area (Å²) in [5, 5.41) is 0. The van der Waals surface area contributed by atoms with Gasteiger partial charge in [-0.3, -0.25) is 0 Å². The maximum atomic E-state index is 5.53. The van der Waals surface area contributed by atoms with E-state index in [-0.39, 0.29) is 0 Å². The number of ether oxygens (including phenoxy) is 1. The molecule has 0 aromatic heterocycles. The molecule has 0 spiro atoms. The van der Waals surface area contributed by atoms with E-state index >= 15 is 0 Å². The lowest BCUT2D eigenvalue weighted by atomic mass is 9.73. The van der Waals surface area contributed by atoms with Gasteiger partial charge in [0.2, 0.25) is 0 Å². The zero-order valence-corrected chi connectivity index (χ0v) is 9.18. The van der Waals surface area contributed by atoms with Crippen molar-refractivity contribution >= 4 is 0 Å². The first kappa shape index (κ1) is 9.51. The fourth-order valence-corrected chi connectivity index (χ4v) is 2.75. The van der Waals surface area contributed by atoms with Crippen LogP contribution in [0, 0.1) is 17.8 Å². The third-order valence-corrected chi connectivity index (χ3v) is 4.18. The third-order valence-electron chi connectivity index (χ3n) is 4.18. The number of epoxide rings is 1. The first-order valence-electron chi connectivity index (χ1n) is 5.76. The number of rotatable bonds is 2. The molecule has 1 saturated heterocycles. The lowest BCUT2D eigenvalue weighted by Gasteiger charge is -2.32. The van der Waals surface area contributed by atoms with Crippen LogP contribution >= 0.6 is 0 Å². The molecular weight excluding hydrogens is 160 g/mol. The molecular formula is C12H22O. The van der Waals surface area contributed by atoms with E-state index in [1.165, 1.54) is 25.7 Å². The van der Waals surface area contributed by atoms with Crippen molar-refractivity contribution in [2.24, 2.45) is 17.8 Å². The van der Waals surface area contributed by atoms with Crippen LogP contribution in [0.25, 0.3) is 0 Å². The minimum absolute atomic E-state index is 0.294. The van der Waals surface area contributed by atoms with Gasteiger partial charge in [-0.2, -0.15) is 0 Å². The highest BCUT2D eigenvalue weighted by molar-refractivity contribution is 4.96. The zero-order valence-electron chi connectivity index (χ0n) is 9.18. The Labute approximate surface area is 81.9 Å². The lowest BCUT2D eigenvalue weighted by Crippen LogP contribution is -2.27. The van der Waals surface area contributed by atoms with E-state index in [4.69, 9.17) is 4.74 Å². The van der Waals surface area contributed by atoms with Crippen molar-refractivity contribution in [3.05, 3.63) is 0 Å². The van der Waals surface area contributed by atoms with Crippen molar-refractivity contribution in [1.82, 2.24) is 0 Å². The Morgan fingerprint density at radius 1 is 1.15 bits per heavy atom. The Morgan fingerprint density at radius 2 is 1.69 bits per heavy atom. The highest BCUT2D eigenvalue weighted by Gasteiger charge is 2.47. The van der Waals surface area contributed by atoms with Crippen LogP contribution in [0.1, 0.15) is 46.5 Å². The van der Waals surface area contributed by atoms with Crippen LogP contribution in [0.4, 0.5) is 0 Å². The molecule has 1 aliphatic carbocycles. The second-order valence-corrected chi connectivity index (χ2v) is 5.46. The Bertz CT molecular complexity index is 174. The van der Waals surface area contributed by atoms with Crippen LogP contribution in [0.3, 0.4) is 0 Å². The molecule has 1 unspecified atom stereocenters. The first-order chi connectivity index (χ1) is 6.12. The highest BCUT2D eigenvalue weighted by atomic mass is 16.6. The van der Waals surface area contributed by atoms with Crippen LogP contribution in [-0.4, -0.2) is 12.2 Å². The zero-order chi connectivity index (χ0) is 9.47.